The number of aromatic nitrogens is 2. The molecule has 2 N–H and O–H groups in total. The highest BCUT2D eigenvalue weighted by atomic mass is 16.3. The first-order valence-corrected chi connectivity index (χ1v) is 11.1. The highest BCUT2D eigenvalue weighted by molar-refractivity contribution is 5.95. The molecular formula is C24H31N3O4. The van der Waals surface area contributed by atoms with Crippen molar-refractivity contribution < 1.29 is 15.0 Å². The number of fused-ring (bicyclic) bond motifs is 1. The molecule has 166 valence electrons. The third kappa shape index (κ3) is 3.35. The number of likely N-dealkylation sites (N-methyl/N-ethyl adjacent to an activating group) is 1. The Bertz CT molecular complexity index is 1060. The van der Waals surface area contributed by atoms with Crippen LogP contribution in [0.3, 0.4) is 0 Å². The van der Waals surface area contributed by atoms with Gasteiger partial charge in [-0.2, -0.15) is 4.98 Å². The van der Waals surface area contributed by atoms with Gasteiger partial charge >= 0.3 is 5.56 Å². The average molecular weight is 426 g/mol. The van der Waals surface area contributed by atoms with Gasteiger partial charge in [-0.15, -0.1) is 0 Å². The molecule has 0 spiro atoms. The maximum atomic E-state index is 12.9. The lowest BCUT2D eigenvalue weighted by Crippen LogP contribution is -2.48. The minimum atomic E-state index is -0.813. The van der Waals surface area contributed by atoms with Gasteiger partial charge in [-0.1, -0.05) is 44.0 Å². The normalized spacial score (nSPS) is 21.2. The van der Waals surface area contributed by atoms with Crippen LogP contribution in [-0.2, 0) is 18.4 Å². The number of aryl methyl sites for hydroxylation is 1. The predicted molar refractivity (Wildman–Crippen MR) is 118 cm³/mol. The Morgan fingerprint density at radius 2 is 1.97 bits per heavy atom. The largest absolute Gasteiger partial charge is 0.501 e. The summed E-state index contributed by atoms with van der Waals surface area (Å²) in [6.07, 6.45) is 4.72. The summed E-state index contributed by atoms with van der Waals surface area (Å²) in [5.41, 5.74) is 1.17. The van der Waals surface area contributed by atoms with Gasteiger partial charge in [-0.05, 0) is 37.3 Å². The molecule has 1 fully saturated rings. The van der Waals surface area contributed by atoms with Gasteiger partial charge in [-0.3, -0.25) is 9.59 Å². The zero-order valence-electron chi connectivity index (χ0n) is 18.5. The molecule has 2 heterocycles. The Morgan fingerprint density at radius 3 is 2.61 bits per heavy atom. The lowest BCUT2D eigenvalue weighted by atomic mass is 9.68. The zero-order chi connectivity index (χ0) is 22.3. The zero-order valence-corrected chi connectivity index (χ0v) is 18.5. The molecule has 2 aliphatic rings. The second-order valence-electron chi connectivity index (χ2n) is 9.00. The van der Waals surface area contributed by atoms with E-state index >= 15 is 0 Å². The van der Waals surface area contributed by atoms with Gasteiger partial charge < -0.3 is 19.7 Å². The number of benzene rings is 1. The van der Waals surface area contributed by atoms with Crippen LogP contribution in [0.15, 0.2) is 29.1 Å². The van der Waals surface area contributed by atoms with Crippen molar-refractivity contribution in [1.82, 2.24) is 14.5 Å². The summed E-state index contributed by atoms with van der Waals surface area (Å²) in [6, 6.07) is 8.33. The van der Waals surface area contributed by atoms with Crippen LogP contribution in [0, 0.1) is 0 Å². The summed E-state index contributed by atoms with van der Waals surface area (Å²) in [5, 5.41) is 21.0. The van der Waals surface area contributed by atoms with Crippen molar-refractivity contribution in [3.8, 4) is 5.75 Å². The van der Waals surface area contributed by atoms with E-state index in [2.05, 4.69) is 36.2 Å². The lowest BCUT2D eigenvalue weighted by Gasteiger charge is -2.40. The van der Waals surface area contributed by atoms with E-state index in [9.17, 15) is 19.8 Å². The molecule has 0 radical (unpaired) electrons. The van der Waals surface area contributed by atoms with Crippen molar-refractivity contribution in [3.05, 3.63) is 57.3 Å². The number of carbonyl (C=O) groups excluding carboxylic acids is 1. The molecule has 0 unspecified atom stereocenters. The maximum Gasteiger partial charge on any atom is 0.315 e. The molecular weight excluding hydrogens is 394 g/mol. The van der Waals surface area contributed by atoms with Gasteiger partial charge in [0.15, 0.2) is 5.69 Å². The number of hydrogen-bond acceptors (Lipinski definition) is 5. The van der Waals surface area contributed by atoms with E-state index < -0.39 is 23.1 Å². The van der Waals surface area contributed by atoms with Crippen LogP contribution in [-0.4, -0.2) is 50.3 Å². The Hall–Kier alpha value is -2.67. The summed E-state index contributed by atoms with van der Waals surface area (Å²) in [7, 11) is 1.67. The average Bonchev–Trinajstić information content (AvgIpc) is 3.26. The number of aliphatic hydroxyl groups is 1. The molecule has 2 aromatic rings. The monoisotopic (exact) mass is 425 g/mol. The smallest absolute Gasteiger partial charge is 0.315 e. The van der Waals surface area contributed by atoms with Crippen LogP contribution in [0.4, 0.5) is 0 Å². The lowest BCUT2D eigenvalue weighted by molar-refractivity contribution is 0.0654. The first-order chi connectivity index (χ1) is 14.8. The van der Waals surface area contributed by atoms with Crippen molar-refractivity contribution in [3.63, 3.8) is 0 Å². The van der Waals surface area contributed by atoms with E-state index in [1.165, 1.54) is 10.5 Å². The molecule has 0 saturated heterocycles. The first kappa shape index (κ1) is 21.6. The van der Waals surface area contributed by atoms with E-state index in [1.807, 2.05) is 6.92 Å². The molecule has 4 rings (SSSR count). The molecule has 1 aromatic heterocycles. The fraction of sp³-hybridized carbons (Fsp3) is 0.542. The Balaban J connectivity index is 1.94. The van der Waals surface area contributed by atoms with E-state index in [0.717, 1.165) is 37.7 Å². The van der Waals surface area contributed by atoms with Crippen molar-refractivity contribution in [2.24, 2.45) is 0 Å². The van der Waals surface area contributed by atoms with E-state index in [4.69, 9.17) is 0 Å². The third-order valence-corrected chi connectivity index (χ3v) is 7.39. The molecule has 7 nitrogen and oxygen atoms in total. The van der Waals surface area contributed by atoms with Crippen molar-refractivity contribution in [1.29, 1.82) is 0 Å². The van der Waals surface area contributed by atoms with E-state index in [-0.39, 0.29) is 23.8 Å². The summed E-state index contributed by atoms with van der Waals surface area (Å²) in [4.78, 5) is 31.3. The standard InChI is InChI=1S/C24H31N3O4/c1-4-16-8-7-9-17(12-16)24(10-5-6-11-24)18(14-28)21-25-22(30)20(29)19-23(31)26(3)15(2)13-27(19)21/h7-9,12,15,18,28-29H,4-6,10-11,13-14H2,1-3H3/t15-,18-/m0/s1. The number of carbonyl (C=O) groups is 1. The van der Waals surface area contributed by atoms with Gasteiger partial charge in [0.1, 0.15) is 5.82 Å². The van der Waals surface area contributed by atoms with Crippen LogP contribution in [0.1, 0.15) is 72.9 Å². The van der Waals surface area contributed by atoms with Gasteiger partial charge in [0.2, 0.25) is 5.75 Å². The SMILES string of the molecule is CCc1cccc(C2([C@@H](CO)c3nc(=O)c(O)c4n3C[C@H](C)N(C)C4=O)CCCC2)c1. The Kier molecular flexibility index (Phi) is 5.64. The number of hydrogen-bond donors (Lipinski definition) is 2. The summed E-state index contributed by atoms with van der Waals surface area (Å²) < 4.78 is 1.67. The van der Waals surface area contributed by atoms with Crippen LogP contribution in [0.5, 0.6) is 5.75 Å². The molecule has 1 amide bonds. The minimum Gasteiger partial charge on any atom is -0.501 e. The quantitative estimate of drug-likeness (QED) is 0.768. The molecule has 1 aliphatic carbocycles. The van der Waals surface area contributed by atoms with Crippen LogP contribution < -0.4 is 5.56 Å². The van der Waals surface area contributed by atoms with Crippen molar-refractivity contribution in [2.45, 2.75) is 69.9 Å². The summed E-state index contributed by atoms with van der Waals surface area (Å²) >= 11 is 0. The fourth-order valence-corrected chi connectivity index (χ4v) is 5.43. The predicted octanol–water partition coefficient (Wildman–Crippen LogP) is 2.57. The molecule has 7 heteroatoms. The number of aliphatic hydroxyl groups excluding tert-OH is 1. The summed E-state index contributed by atoms with van der Waals surface area (Å²) in [5.74, 6) is -1.06. The Labute approximate surface area is 182 Å². The van der Waals surface area contributed by atoms with Crippen LogP contribution in [0.2, 0.25) is 0 Å². The van der Waals surface area contributed by atoms with Crippen LogP contribution in [0.25, 0.3) is 0 Å². The third-order valence-electron chi connectivity index (χ3n) is 7.39. The minimum absolute atomic E-state index is 0.0236. The molecule has 2 atom stereocenters. The van der Waals surface area contributed by atoms with Crippen molar-refractivity contribution >= 4 is 5.91 Å². The topological polar surface area (TPSA) is 95.7 Å². The molecule has 31 heavy (non-hydrogen) atoms. The number of nitrogens with zero attached hydrogens (tertiary/aromatic N) is 3. The fourth-order valence-electron chi connectivity index (χ4n) is 5.43. The molecule has 1 aliphatic heterocycles. The number of aromatic hydroxyl groups is 1. The van der Waals surface area contributed by atoms with Gasteiger partial charge in [0.05, 0.1) is 12.5 Å². The highest BCUT2D eigenvalue weighted by Crippen LogP contribution is 2.50. The molecule has 1 saturated carbocycles. The van der Waals surface area contributed by atoms with Gasteiger partial charge in [0.25, 0.3) is 5.91 Å². The summed E-state index contributed by atoms with van der Waals surface area (Å²) in [6.45, 7) is 4.26. The Morgan fingerprint density at radius 1 is 1.26 bits per heavy atom. The van der Waals surface area contributed by atoms with E-state index in [0.29, 0.717) is 12.4 Å². The van der Waals surface area contributed by atoms with Crippen LogP contribution >= 0.6 is 0 Å². The van der Waals surface area contributed by atoms with Crippen molar-refractivity contribution in [2.75, 3.05) is 13.7 Å². The second kappa shape index (κ2) is 8.11. The maximum absolute atomic E-state index is 12.9. The highest BCUT2D eigenvalue weighted by Gasteiger charge is 2.46. The second-order valence-corrected chi connectivity index (χ2v) is 9.00. The number of amides is 1. The van der Waals surface area contributed by atoms with Gasteiger partial charge in [-0.25, -0.2) is 0 Å². The molecule has 0 bridgehead atoms. The number of rotatable bonds is 5. The van der Waals surface area contributed by atoms with E-state index in [1.54, 1.807) is 11.6 Å². The molecule has 1 aromatic carbocycles. The van der Waals surface area contributed by atoms with Gasteiger partial charge in [0, 0.05) is 25.0 Å². The first-order valence-electron chi connectivity index (χ1n) is 11.1.